The van der Waals surface area contributed by atoms with Crippen LogP contribution in [0.4, 0.5) is 5.82 Å². The summed E-state index contributed by atoms with van der Waals surface area (Å²) in [6.45, 7) is 3.96. The summed E-state index contributed by atoms with van der Waals surface area (Å²) in [5, 5.41) is 14.7. The Kier molecular flexibility index (Phi) is 5.07. The fourth-order valence-corrected chi connectivity index (χ4v) is 2.40. The van der Waals surface area contributed by atoms with Gasteiger partial charge < -0.3 is 5.32 Å². The first-order chi connectivity index (χ1) is 9.56. The van der Waals surface area contributed by atoms with Crippen LogP contribution in [0.1, 0.15) is 19.9 Å². The lowest BCUT2D eigenvalue weighted by Crippen LogP contribution is -2.15. The normalized spacial score (nSPS) is 10.8. The molecule has 0 atom stereocenters. The minimum Gasteiger partial charge on any atom is -0.310 e. The van der Waals surface area contributed by atoms with Crippen molar-refractivity contribution >= 4 is 39.4 Å². The van der Waals surface area contributed by atoms with Crippen LogP contribution in [-0.2, 0) is 4.79 Å². The maximum atomic E-state index is 11.8. The molecule has 20 heavy (non-hydrogen) atoms. The maximum Gasteiger partial charge on any atom is 0.236 e. The Labute approximate surface area is 128 Å². The van der Waals surface area contributed by atoms with Crippen LogP contribution in [0.3, 0.4) is 0 Å². The number of thioether (sulfide) groups is 1. The second kappa shape index (κ2) is 6.80. The van der Waals surface area contributed by atoms with Crippen molar-refractivity contribution in [2.24, 2.45) is 0 Å². The fourth-order valence-electron chi connectivity index (χ4n) is 1.36. The molecule has 2 rings (SSSR count). The molecular formula is C11H13BrN6OS. The molecule has 0 aliphatic heterocycles. The van der Waals surface area contributed by atoms with Gasteiger partial charge in [-0.25, -0.2) is 9.67 Å². The number of halogens is 1. The van der Waals surface area contributed by atoms with Crippen LogP contribution in [0, 0.1) is 0 Å². The molecule has 0 bridgehead atoms. The van der Waals surface area contributed by atoms with Crippen LogP contribution in [0.5, 0.6) is 0 Å². The van der Waals surface area contributed by atoms with Crippen molar-refractivity contribution in [3.63, 3.8) is 0 Å². The molecule has 0 fully saturated rings. The molecule has 7 nitrogen and oxygen atoms in total. The molecule has 1 amide bonds. The third-order valence-electron chi connectivity index (χ3n) is 2.28. The minimum atomic E-state index is -0.150. The molecule has 0 unspecified atom stereocenters. The number of hydrogen-bond acceptors (Lipinski definition) is 6. The summed E-state index contributed by atoms with van der Waals surface area (Å²) in [5.74, 6) is 0.593. The second-order valence-corrected chi connectivity index (χ2v) is 6.06. The zero-order valence-corrected chi connectivity index (χ0v) is 13.3. The van der Waals surface area contributed by atoms with E-state index in [-0.39, 0.29) is 17.7 Å². The van der Waals surface area contributed by atoms with Crippen LogP contribution in [0.2, 0.25) is 0 Å². The van der Waals surface area contributed by atoms with Crippen molar-refractivity contribution < 1.29 is 4.79 Å². The summed E-state index contributed by atoms with van der Waals surface area (Å²) < 4.78 is 2.54. The predicted octanol–water partition coefficient (Wildman–Crippen LogP) is 2.14. The van der Waals surface area contributed by atoms with Gasteiger partial charge in [-0.2, -0.15) is 0 Å². The summed E-state index contributed by atoms with van der Waals surface area (Å²) in [6.07, 6.45) is 1.63. The zero-order valence-electron chi connectivity index (χ0n) is 10.9. The molecule has 1 N–H and O–H groups in total. The van der Waals surface area contributed by atoms with Crippen molar-refractivity contribution in [2.45, 2.75) is 25.0 Å². The third-order valence-corrected chi connectivity index (χ3v) is 3.68. The summed E-state index contributed by atoms with van der Waals surface area (Å²) in [6, 6.07) is 3.70. The van der Waals surface area contributed by atoms with Crippen molar-refractivity contribution in [3.8, 4) is 0 Å². The Bertz CT molecular complexity index is 585. The zero-order chi connectivity index (χ0) is 14.5. The average molecular weight is 357 g/mol. The number of carbonyl (C=O) groups excluding carboxylic acids is 1. The number of carbonyl (C=O) groups is 1. The van der Waals surface area contributed by atoms with Gasteiger partial charge in [0.2, 0.25) is 11.1 Å². The number of hydrogen-bond donors (Lipinski definition) is 1. The number of rotatable bonds is 5. The second-order valence-electron chi connectivity index (χ2n) is 4.20. The molecule has 2 heterocycles. The van der Waals surface area contributed by atoms with Gasteiger partial charge in [-0.3, -0.25) is 4.79 Å². The molecule has 0 radical (unpaired) electrons. The van der Waals surface area contributed by atoms with E-state index in [0.717, 1.165) is 4.47 Å². The third kappa shape index (κ3) is 4.01. The number of pyridine rings is 1. The first-order valence-electron chi connectivity index (χ1n) is 5.88. The molecule has 106 valence electrons. The van der Waals surface area contributed by atoms with E-state index in [4.69, 9.17) is 0 Å². The van der Waals surface area contributed by atoms with E-state index in [2.05, 4.69) is 41.8 Å². The van der Waals surface area contributed by atoms with E-state index < -0.39 is 0 Å². The van der Waals surface area contributed by atoms with Gasteiger partial charge >= 0.3 is 0 Å². The smallest absolute Gasteiger partial charge is 0.236 e. The predicted molar refractivity (Wildman–Crippen MR) is 79.5 cm³/mol. The lowest BCUT2D eigenvalue weighted by Gasteiger charge is -2.07. The number of amides is 1. The van der Waals surface area contributed by atoms with Crippen molar-refractivity contribution in [1.29, 1.82) is 0 Å². The van der Waals surface area contributed by atoms with E-state index in [1.54, 1.807) is 16.9 Å². The first-order valence-corrected chi connectivity index (χ1v) is 7.66. The highest BCUT2D eigenvalue weighted by atomic mass is 79.9. The van der Waals surface area contributed by atoms with E-state index in [1.165, 1.54) is 11.8 Å². The topological polar surface area (TPSA) is 85.6 Å². The van der Waals surface area contributed by atoms with Gasteiger partial charge in [-0.05, 0) is 52.3 Å². The molecule has 0 spiro atoms. The van der Waals surface area contributed by atoms with Crippen LogP contribution in [0.25, 0.3) is 0 Å². The fraction of sp³-hybridized carbons (Fsp3) is 0.364. The van der Waals surface area contributed by atoms with Gasteiger partial charge in [-0.15, -0.1) is 5.10 Å². The van der Waals surface area contributed by atoms with Gasteiger partial charge in [0, 0.05) is 10.7 Å². The van der Waals surface area contributed by atoms with Gasteiger partial charge in [0.1, 0.15) is 5.82 Å². The Hall–Kier alpha value is -1.48. The number of anilines is 1. The lowest BCUT2D eigenvalue weighted by atomic mass is 10.4. The highest BCUT2D eigenvalue weighted by molar-refractivity contribution is 9.10. The number of tetrazole rings is 1. The quantitative estimate of drug-likeness (QED) is 0.826. The summed E-state index contributed by atoms with van der Waals surface area (Å²) in [5.41, 5.74) is 0. The molecule has 0 saturated heterocycles. The number of aromatic nitrogens is 5. The Morgan fingerprint density at radius 2 is 2.30 bits per heavy atom. The van der Waals surface area contributed by atoms with E-state index >= 15 is 0 Å². The maximum absolute atomic E-state index is 11.8. The molecule has 9 heteroatoms. The molecule has 2 aromatic heterocycles. The van der Waals surface area contributed by atoms with Crippen LogP contribution in [-0.4, -0.2) is 36.9 Å². The first kappa shape index (κ1) is 14.9. The Morgan fingerprint density at radius 3 is 2.95 bits per heavy atom. The Morgan fingerprint density at radius 1 is 1.50 bits per heavy atom. The van der Waals surface area contributed by atoms with Gasteiger partial charge in [0.25, 0.3) is 0 Å². The monoisotopic (exact) mass is 356 g/mol. The van der Waals surface area contributed by atoms with Crippen molar-refractivity contribution in [3.05, 3.63) is 22.8 Å². The van der Waals surface area contributed by atoms with Crippen molar-refractivity contribution in [2.75, 3.05) is 11.1 Å². The minimum absolute atomic E-state index is 0.150. The molecule has 0 aliphatic carbocycles. The van der Waals surface area contributed by atoms with Gasteiger partial charge in [0.05, 0.1) is 11.8 Å². The van der Waals surface area contributed by atoms with E-state index in [0.29, 0.717) is 11.0 Å². The van der Waals surface area contributed by atoms with Crippen molar-refractivity contribution in [1.82, 2.24) is 25.2 Å². The highest BCUT2D eigenvalue weighted by Crippen LogP contribution is 2.17. The van der Waals surface area contributed by atoms with Crippen LogP contribution >= 0.6 is 27.7 Å². The summed E-state index contributed by atoms with van der Waals surface area (Å²) in [7, 11) is 0. The molecular weight excluding hydrogens is 344 g/mol. The SMILES string of the molecule is CC(C)n1nnnc1SCC(=O)Nc1ccc(Br)cn1. The molecule has 2 aromatic rings. The lowest BCUT2D eigenvalue weighted by molar-refractivity contribution is -0.113. The van der Waals surface area contributed by atoms with Crippen LogP contribution < -0.4 is 5.32 Å². The standard InChI is InChI=1S/C11H13BrN6OS/c1-7(2)18-11(15-16-17-18)20-6-10(19)14-9-4-3-8(12)5-13-9/h3-5,7H,6H2,1-2H3,(H,13,14,19). The van der Waals surface area contributed by atoms with E-state index in [1.807, 2.05) is 19.9 Å². The highest BCUT2D eigenvalue weighted by Gasteiger charge is 2.12. The summed E-state index contributed by atoms with van der Waals surface area (Å²) in [4.78, 5) is 15.9. The van der Waals surface area contributed by atoms with Gasteiger partial charge in [0.15, 0.2) is 0 Å². The average Bonchev–Trinajstić information content (AvgIpc) is 2.88. The Balaban J connectivity index is 1.89. The summed E-state index contributed by atoms with van der Waals surface area (Å²) >= 11 is 4.58. The number of nitrogens with zero attached hydrogens (tertiary/aromatic N) is 5. The number of nitrogens with one attached hydrogen (secondary N) is 1. The van der Waals surface area contributed by atoms with Gasteiger partial charge in [-0.1, -0.05) is 11.8 Å². The van der Waals surface area contributed by atoms with E-state index in [9.17, 15) is 4.79 Å². The molecule has 0 aliphatic rings. The molecule has 0 saturated carbocycles. The largest absolute Gasteiger partial charge is 0.310 e. The molecule has 0 aromatic carbocycles. The van der Waals surface area contributed by atoms with Crippen LogP contribution in [0.15, 0.2) is 28.0 Å².